The molecule has 1 aromatic rings. The molecule has 0 aliphatic heterocycles. The molecular weight excluding hydrogens is 273 g/mol. The monoisotopic (exact) mass is 290 g/mol. The molecule has 7 heteroatoms. The van der Waals surface area contributed by atoms with Crippen molar-refractivity contribution < 1.29 is 22.7 Å². The fourth-order valence-corrected chi connectivity index (χ4v) is 1.51. The molecule has 0 atom stereocenters. The maximum atomic E-state index is 12.4. The fraction of sp³-hybridized carbons (Fsp3) is 0.462. The molecule has 0 saturated carbocycles. The van der Waals surface area contributed by atoms with Crippen molar-refractivity contribution in [1.29, 1.82) is 0 Å². The summed E-state index contributed by atoms with van der Waals surface area (Å²) in [6.45, 7) is 0.757. The molecular formula is C13H17F3N2O2. The topological polar surface area (TPSA) is 55.6 Å². The lowest BCUT2D eigenvalue weighted by molar-refractivity contribution is -0.138. The smallest absolute Gasteiger partial charge is 0.370 e. The summed E-state index contributed by atoms with van der Waals surface area (Å²) in [5, 5.41) is 0. The normalized spacial score (nSPS) is 11.4. The van der Waals surface area contributed by atoms with Gasteiger partial charge in [-0.15, -0.1) is 0 Å². The van der Waals surface area contributed by atoms with Crippen molar-refractivity contribution in [2.75, 3.05) is 26.8 Å². The second kappa shape index (κ2) is 7.25. The highest BCUT2D eigenvalue weighted by molar-refractivity contribution is 5.77. The van der Waals surface area contributed by atoms with Crippen LogP contribution < -0.4 is 5.73 Å². The van der Waals surface area contributed by atoms with Crippen LogP contribution in [0.1, 0.15) is 11.1 Å². The molecule has 0 saturated heterocycles. The number of carbonyl (C=O) groups is 1. The van der Waals surface area contributed by atoms with Gasteiger partial charge in [0.25, 0.3) is 0 Å². The standard InChI is InChI=1S/C13H17F3N2O2/c1-18(12(19)9-20-7-6-17)8-10-2-4-11(5-3-10)13(14,15)16/h2-5H,6-9,17H2,1H3. The van der Waals surface area contributed by atoms with Crippen molar-refractivity contribution in [3.05, 3.63) is 35.4 Å². The minimum atomic E-state index is -4.35. The van der Waals surface area contributed by atoms with E-state index in [0.29, 0.717) is 18.7 Å². The maximum Gasteiger partial charge on any atom is 0.416 e. The first-order valence-corrected chi connectivity index (χ1v) is 6.02. The van der Waals surface area contributed by atoms with Crippen LogP contribution in [0.25, 0.3) is 0 Å². The van der Waals surface area contributed by atoms with E-state index in [1.54, 1.807) is 7.05 Å². The third kappa shape index (κ3) is 5.18. The number of alkyl halides is 3. The first kappa shape index (κ1) is 16.5. The lowest BCUT2D eigenvalue weighted by Crippen LogP contribution is -2.30. The third-order valence-corrected chi connectivity index (χ3v) is 2.61. The van der Waals surface area contributed by atoms with Gasteiger partial charge in [-0.05, 0) is 17.7 Å². The summed E-state index contributed by atoms with van der Waals surface area (Å²) in [7, 11) is 1.56. The second-order valence-corrected chi connectivity index (χ2v) is 4.29. The molecule has 1 aromatic carbocycles. The SMILES string of the molecule is CN(Cc1ccc(C(F)(F)F)cc1)C(=O)COCCN. The number of nitrogens with zero attached hydrogens (tertiary/aromatic N) is 1. The highest BCUT2D eigenvalue weighted by Crippen LogP contribution is 2.29. The van der Waals surface area contributed by atoms with E-state index < -0.39 is 11.7 Å². The summed E-state index contributed by atoms with van der Waals surface area (Å²) in [6.07, 6.45) is -4.35. The summed E-state index contributed by atoms with van der Waals surface area (Å²) in [6, 6.07) is 4.71. The number of ether oxygens (including phenoxy) is 1. The molecule has 0 fully saturated rings. The van der Waals surface area contributed by atoms with Crippen LogP contribution in [0.15, 0.2) is 24.3 Å². The van der Waals surface area contributed by atoms with Gasteiger partial charge < -0.3 is 15.4 Å². The zero-order chi connectivity index (χ0) is 15.2. The Bertz CT molecular complexity index is 432. The van der Waals surface area contributed by atoms with Gasteiger partial charge in [-0.1, -0.05) is 12.1 Å². The van der Waals surface area contributed by atoms with E-state index in [0.717, 1.165) is 12.1 Å². The fourth-order valence-electron chi connectivity index (χ4n) is 1.51. The average molecular weight is 290 g/mol. The van der Waals surface area contributed by atoms with Gasteiger partial charge in [-0.2, -0.15) is 13.2 Å². The van der Waals surface area contributed by atoms with Gasteiger partial charge in [0.05, 0.1) is 12.2 Å². The minimum Gasteiger partial charge on any atom is -0.370 e. The van der Waals surface area contributed by atoms with E-state index in [1.807, 2.05) is 0 Å². The minimum absolute atomic E-state index is 0.0890. The van der Waals surface area contributed by atoms with E-state index in [2.05, 4.69) is 0 Å². The summed E-state index contributed by atoms with van der Waals surface area (Å²) < 4.78 is 42.2. The molecule has 1 amide bonds. The summed E-state index contributed by atoms with van der Waals surface area (Å²) in [5.74, 6) is -0.252. The van der Waals surface area contributed by atoms with Gasteiger partial charge >= 0.3 is 6.18 Å². The molecule has 1 rings (SSSR count). The van der Waals surface area contributed by atoms with E-state index in [1.165, 1.54) is 17.0 Å². The number of nitrogens with two attached hydrogens (primary N) is 1. The van der Waals surface area contributed by atoms with Crippen LogP contribution in [0.2, 0.25) is 0 Å². The molecule has 2 N–H and O–H groups in total. The highest BCUT2D eigenvalue weighted by atomic mass is 19.4. The lowest BCUT2D eigenvalue weighted by Gasteiger charge is -2.17. The van der Waals surface area contributed by atoms with Gasteiger partial charge in [0.15, 0.2) is 0 Å². The lowest BCUT2D eigenvalue weighted by atomic mass is 10.1. The number of hydrogen-bond acceptors (Lipinski definition) is 3. The number of likely N-dealkylation sites (N-methyl/N-ethyl adjacent to an activating group) is 1. The zero-order valence-corrected chi connectivity index (χ0v) is 11.1. The van der Waals surface area contributed by atoms with Crippen LogP contribution in [-0.2, 0) is 22.3 Å². The Hall–Kier alpha value is -1.60. The van der Waals surface area contributed by atoms with Crippen molar-refractivity contribution in [3.8, 4) is 0 Å². The molecule has 112 valence electrons. The van der Waals surface area contributed by atoms with E-state index >= 15 is 0 Å². The Labute approximate surface area is 115 Å². The molecule has 20 heavy (non-hydrogen) atoms. The van der Waals surface area contributed by atoms with Crippen LogP contribution >= 0.6 is 0 Å². The molecule has 0 bridgehead atoms. The molecule has 0 aromatic heterocycles. The van der Waals surface area contributed by atoms with E-state index in [9.17, 15) is 18.0 Å². The Morgan fingerprint density at radius 3 is 2.40 bits per heavy atom. The van der Waals surface area contributed by atoms with Crippen LogP contribution in [0.3, 0.4) is 0 Å². The quantitative estimate of drug-likeness (QED) is 0.810. The van der Waals surface area contributed by atoms with Gasteiger partial charge in [-0.3, -0.25) is 4.79 Å². The number of benzene rings is 1. The summed E-state index contributed by atoms with van der Waals surface area (Å²) >= 11 is 0. The van der Waals surface area contributed by atoms with E-state index in [-0.39, 0.29) is 19.1 Å². The van der Waals surface area contributed by atoms with Crippen LogP contribution in [0.4, 0.5) is 13.2 Å². The van der Waals surface area contributed by atoms with Crippen molar-refractivity contribution >= 4 is 5.91 Å². The first-order valence-electron chi connectivity index (χ1n) is 6.02. The molecule has 0 heterocycles. The number of amides is 1. The zero-order valence-electron chi connectivity index (χ0n) is 11.1. The van der Waals surface area contributed by atoms with Crippen LogP contribution in [-0.4, -0.2) is 37.6 Å². The van der Waals surface area contributed by atoms with Crippen molar-refractivity contribution in [2.24, 2.45) is 5.73 Å². The molecule has 0 unspecified atom stereocenters. The summed E-state index contributed by atoms with van der Waals surface area (Å²) in [4.78, 5) is 13.0. The predicted octanol–water partition coefficient (Wildman–Crippen LogP) is 1.64. The Balaban J connectivity index is 2.53. The Morgan fingerprint density at radius 1 is 1.30 bits per heavy atom. The molecule has 4 nitrogen and oxygen atoms in total. The van der Waals surface area contributed by atoms with Crippen molar-refractivity contribution in [2.45, 2.75) is 12.7 Å². The Kier molecular flexibility index (Phi) is 5.97. The molecule has 0 aliphatic carbocycles. The maximum absolute atomic E-state index is 12.4. The van der Waals surface area contributed by atoms with Crippen molar-refractivity contribution in [3.63, 3.8) is 0 Å². The van der Waals surface area contributed by atoms with E-state index in [4.69, 9.17) is 10.5 Å². The van der Waals surface area contributed by atoms with Gasteiger partial charge in [0.2, 0.25) is 5.91 Å². The number of hydrogen-bond donors (Lipinski definition) is 1. The highest BCUT2D eigenvalue weighted by Gasteiger charge is 2.29. The number of rotatable bonds is 6. The summed E-state index contributed by atoms with van der Waals surface area (Å²) in [5.41, 5.74) is 5.13. The van der Waals surface area contributed by atoms with Crippen LogP contribution in [0.5, 0.6) is 0 Å². The Morgan fingerprint density at radius 2 is 1.90 bits per heavy atom. The molecule has 0 radical (unpaired) electrons. The van der Waals surface area contributed by atoms with Crippen molar-refractivity contribution in [1.82, 2.24) is 4.90 Å². The third-order valence-electron chi connectivity index (χ3n) is 2.61. The van der Waals surface area contributed by atoms with Gasteiger partial charge in [-0.25, -0.2) is 0 Å². The van der Waals surface area contributed by atoms with Gasteiger partial charge in [0, 0.05) is 20.1 Å². The molecule has 0 spiro atoms. The predicted molar refractivity (Wildman–Crippen MR) is 67.8 cm³/mol. The second-order valence-electron chi connectivity index (χ2n) is 4.29. The number of carbonyl (C=O) groups excluding carboxylic acids is 1. The largest absolute Gasteiger partial charge is 0.416 e. The molecule has 0 aliphatic rings. The van der Waals surface area contributed by atoms with Crippen LogP contribution in [0, 0.1) is 0 Å². The number of halogens is 3. The average Bonchev–Trinajstić information content (AvgIpc) is 2.38. The first-order chi connectivity index (χ1) is 9.34. The van der Waals surface area contributed by atoms with Gasteiger partial charge in [0.1, 0.15) is 6.61 Å².